The van der Waals surface area contributed by atoms with Crippen molar-refractivity contribution in [2.24, 2.45) is 5.16 Å². The van der Waals surface area contributed by atoms with Gasteiger partial charge in [-0.1, -0.05) is 29.4 Å². The van der Waals surface area contributed by atoms with Crippen molar-refractivity contribution in [1.29, 1.82) is 0 Å². The van der Waals surface area contributed by atoms with Gasteiger partial charge in [-0.2, -0.15) is 0 Å². The number of anilines is 2. The molecule has 0 saturated carbocycles. The smallest absolute Gasteiger partial charge is 0.162 e. The first-order valence-corrected chi connectivity index (χ1v) is 12.3. The molecule has 0 spiro atoms. The van der Waals surface area contributed by atoms with Crippen LogP contribution in [-0.4, -0.2) is 54.9 Å². The molecule has 0 aliphatic heterocycles. The Balaban J connectivity index is 1.45. The van der Waals surface area contributed by atoms with Crippen molar-refractivity contribution in [3.05, 3.63) is 83.9 Å². The lowest BCUT2D eigenvalue weighted by atomic mass is 10.1. The van der Waals surface area contributed by atoms with Crippen molar-refractivity contribution >= 4 is 28.1 Å². The molecule has 198 valence electrons. The van der Waals surface area contributed by atoms with Crippen LogP contribution in [0, 0.1) is 5.82 Å². The Morgan fingerprint density at radius 3 is 2.47 bits per heavy atom. The lowest BCUT2D eigenvalue weighted by Crippen LogP contribution is -2.15. The van der Waals surface area contributed by atoms with Crippen LogP contribution in [0.5, 0.6) is 11.5 Å². The van der Waals surface area contributed by atoms with Crippen molar-refractivity contribution in [3.8, 4) is 11.5 Å². The number of nitrogens with zero attached hydrogens (tertiary/aromatic N) is 4. The number of fused-ring (bicyclic) bond motifs is 1. The van der Waals surface area contributed by atoms with E-state index in [2.05, 4.69) is 25.3 Å². The highest BCUT2D eigenvalue weighted by Crippen LogP contribution is 2.34. The van der Waals surface area contributed by atoms with E-state index in [0.717, 1.165) is 46.4 Å². The summed E-state index contributed by atoms with van der Waals surface area (Å²) in [5.41, 5.74) is 4.10. The van der Waals surface area contributed by atoms with E-state index >= 15 is 0 Å². The predicted octanol–water partition coefficient (Wildman–Crippen LogP) is 5.79. The number of hydrogen-bond donors (Lipinski definition) is 1. The van der Waals surface area contributed by atoms with Crippen molar-refractivity contribution in [1.82, 2.24) is 14.9 Å². The Labute approximate surface area is 222 Å². The molecule has 1 aromatic heterocycles. The van der Waals surface area contributed by atoms with Crippen molar-refractivity contribution in [2.45, 2.75) is 20.0 Å². The third-order valence-electron chi connectivity index (χ3n) is 5.84. The average Bonchev–Trinajstić information content (AvgIpc) is 2.92. The minimum Gasteiger partial charge on any atom is -0.493 e. The van der Waals surface area contributed by atoms with E-state index in [1.54, 1.807) is 19.2 Å². The van der Waals surface area contributed by atoms with E-state index in [4.69, 9.17) is 14.3 Å². The average molecular weight is 518 g/mol. The first-order chi connectivity index (χ1) is 18.4. The molecule has 0 bridgehead atoms. The fraction of sp³-hybridized carbons (Fsp3) is 0.276. The van der Waals surface area contributed by atoms with E-state index in [0.29, 0.717) is 23.9 Å². The standard InChI is InChI=1S/C29H32FN5O3/c1-20(34-38-18-21-6-10-23(30)11-7-21)22-8-12-24(13-9-22)33-29-25-16-28(37-15-5-14-35(2)3)27(36-4)17-26(25)31-19-32-29/h6-13,16-17,19H,5,14-15,18H2,1-4H3,(H,31,32,33). The number of hydrogen-bond acceptors (Lipinski definition) is 8. The molecule has 0 radical (unpaired) electrons. The summed E-state index contributed by atoms with van der Waals surface area (Å²) in [5.74, 6) is 1.67. The van der Waals surface area contributed by atoms with E-state index < -0.39 is 0 Å². The van der Waals surface area contributed by atoms with Gasteiger partial charge in [-0.15, -0.1) is 0 Å². The van der Waals surface area contributed by atoms with Gasteiger partial charge in [-0.25, -0.2) is 14.4 Å². The quantitative estimate of drug-likeness (QED) is 0.145. The molecule has 3 aromatic carbocycles. The SMILES string of the molecule is COc1cc2ncnc(Nc3ccc(C(C)=NOCc4ccc(F)cc4)cc3)c2cc1OCCCN(C)C. The van der Waals surface area contributed by atoms with Gasteiger partial charge < -0.3 is 24.5 Å². The van der Waals surface area contributed by atoms with Crippen molar-refractivity contribution in [3.63, 3.8) is 0 Å². The van der Waals surface area contributed by atoms with Crippen LogP contribution in [0.3, 0.4) is 0 Å². The zero-order valence-electron chi connectivity index (χ0n) is 22.1. The van der Waals surface area contributed by atoms with E-state index in [-0.39, 0.29) is 12.4 Å². The maximum absolute atomic E-state index is 13.0. The molecule has 9 heteroatoms. The first-order valence-electron chi connectivity index (χ1n) is 12.3. The van der Waals surface area contributed by atoms with Gasteiger partial charge in [0.1, 0.15) is 24.6 Å². The summed E-state index contributed by atoms with van der Waals surface area (Å²) in [4.78, 5) is 16.4. The van der Waals surface area contributed by atoms with Gasteiger partial charge in [0.05, 0.1) is 24.9 Å². The molecule has 4 rings (SSSR count). The molecule has 1 N–H and O–H groups in total. The van der Waals surface area contributed by atoms with Gasteiger partial charge in [0.25, 0.3) is 0 Å². The lowest BCUT2D eigenvalue weighted by Gasteiger charge is -2.15. The Bertz CT molecular complexity index is 1380. The van der Waals surface area contributed by atoms with Gasteiger partial charge in [0.2, 0.25) is 0 Å². The molecule has 1 heterocycles. The Morgan fingerprint density at radius 2 is 1.76 bits per heavy atom. The summed E-state index contributed by atoms with van der Waals surface area (Å²) in [6.45, 7) is 3.65. The van der Waals surface area contributed by atoms with E-state index in [9.17, 15) is 4.39 Å². The fourth-order valence-electron chi connectivity index (χ4n) is 3.77. The van der Waals surface area contributed by atoms with E-state index in [1.165, 1.54) is 18.5 Å². The Kier molecular flexibility index (Phi) is 9.05. The summed E-state index contributed by atoms with van der Waals surface area (Å²) < 4.78 is 24.6. The summed E-state index contributed by atoms with van der Waals surface area (Å²) in [6, 6.07) is 17.7. The van der Waals surface area contributed by atoms with Gasteiger partial charge >= 0.3 is 0 Å². The Hall–Kier alpha value is -4.24. The third kappa shape index (κ3) is 7.17. The minimum atomic E-state index is -0.277. The molecule has 0 unspecified atom stereocenters. The van der Waals surface area contributed by atoms with Gasteiger partial charge in [0, 0.05) is 23.7 Å². The molecule has 38 heavy (non-hydrogen) atoms. The van der Waals surface area contributed by atoms with Crippen LogP contribution in [0.4, 0.5) is 15.9 Å². The fourth-order valence-corrected chi connectivity index (χ4v) is 3.77. The van der Waals surface area contributed by atoms with Crippen LogP contribution in [0.1, 0.15) is 24.5 Å². The number of rotatable bonds is 12. The normalized spacial score (nSPS) is 11.6. The van der Waals surface area contributed by atoms with Crippen LogP contribution < -0.4 is 14.8 Å². The minimum absolute atomic E-state index is 0.268. The highest BCUT2D eigenvalue weighted by atomic mass is 19.1. The molecule has 0 atom stereocenters. The summed E-state index contributed by atoms with van der Waals surface area (Å²) in [5, 5.41) is 8.39. The maximum Gasteiger partial charge on any atom is 0.162 e. The van der Waals surface area contributed by atoms with Crippen LogP contribution in [-0.2, 0) is 11.4 Å². The zero-order chi connectivity index (χ0) is 26.9. The number of nitrogens with one attached hydrogen (secondary N) is 1. The molecule has 0 aliphatic rings. The van der Waals surface area contributed by atoms with Crippen molar-refractivity contribution < 1.29 is 18.7 Å². The second-order valence-corrected chi connectivity index (χ2v) is 9.03. The number of benzene rings is 3. The number of ether oxygens (including phenoxy) is 2. The molecule has 8 nitrogen and oxygen atoms in total. The van der Waals surface area contributed by atoms with Crippen LogP contribution in [0.15, 0.2) is 72.1 Å². The highest BCUT2D eigenvalue weighted by Gasteiger charge is 2.12. The summed E-state index contributed by atoms with van der Waals surface area (Å²) in [7, 11) is 5.70. The largest absolute Gasteiger partial charge is 0.493 e. The van der Waals surface area contributed by atoms with Crippen LogP contribution in [0.25, 0.3) is 10.9 Å². The van der Waals surface area contributed by atoms with Crippen LogP contribution in [0.2, 0.25) is 0 Å². The molecular formula is C29H32FN5O3. The van der Waals surface area contributed by atoms with Gasteiger partial charge in [-0.05, 0) is 68.9 Å². The Morgan fingerprint density at radius 1 is 1.00 bits per heavy atom. The van der Waals surface area contributed by atoms with Crippen molar-refractivity contribution in [2.75, 3.05) is 39.7 Å². The van der Waals surface area contributed by atoms with E-state index in [1.807, 2.05) is 57.4 Å². The van der Waals surface area contributed by atoms with Crippen LogP contribution >= 0.6 is 0 Å². The molecule has 0 amide bonds. The van der Waals surface area contributed by atoms with Gasteiger partial charge in [-0.3, -0.25) is 0 Å². The zero-order valence-corrected chi connectivity index (χ0v) is 22.1. The molecule has 0 aliphatic carbocycles. The summed E-state index contributed by atoms with van der Waals surface area (Å²) in [6.07, 6.45) is 2.42. The topological polar surface area (TPSA) is 81.1 Å². The second-order valence-electron chi connectivity index (χ2n) is 9.03. The number of halogens is 1. The molecule has 4 aromatic rings. The number of aromatic nitrogens is 2. The monoisotopic (exact) mass is 517 g/mol. The number of oxime groups is 1. The second kappa shape index (κ2) is 12.8. The van der Waals surface area contributed by atoms with Gasteiger partial charge in [0.15, 0.2) is 11.5 Å². The molecular weight excluding hydrogens is 485 g/mol. The summed E-state index contributed by atoms with van der Waals surface area (Å²) >= 11 is 0. The third-order valence-corrected chi connectivity index (χ3v) is 5.84. The predicted molar refractivity (Wildman–Crippen MR) is 148 cm³/mol. The highest BCUT2D eigenvalue weighted by molar-refractivity contribution is 5.99. The maximum atomic E-state index is 13.0. The molecule has 0 saturated heterocycles. The number of methoxy groups -OCH3 is 1. The molecule has 0 fully saturated rings. The first kappa shape index (κ1) is 26.8. The lowest BCUT2D eigenvalue weighted by molar-refractivity contribution is 0.130.